The number of anilines is 1. The molecule has 2 aromatic rings. The van der Waals surface area contributed by atoms with Crippen LogP contribution in [0.3, 0.4) is 0 Å². The summed E-state index contributed by atoms with van der Waals surface area (Å²) >= 11 is 11.8. The number of rotatable bonds is 6. The van der Waals surface area contributed by atoms with Gasteiger partial charge in [-0.05, 0) is 24.1 Å². The van der Waals surface area contributed by atoms with Gasteiger partial charge in [0.25, 0.3) is 5.56 Å². The predicted octanol–water partition coefficient (Wildman–Crippen LogP) is 2.20. The van der Waals surface area contributed by atoms with E-state index in [1.807, 2.05) is 24.3 Å². The number of hydrogen-bond donors (Lipinski definition) is 2. The van der Waals surface area contributed by atoms with Crippen molar-refractivity contribution >= 4 is 28.9 Å². The lowest BCUT2D eigenvalue weighted by Crippen LogP contribution is -2.25. The molecule has 21 heavy (non-hydrogen) atoms. The van der Waals surface area contributed by atoms with Crippen LogP contribution in [0.1, 0.15) is 5.56 Å². The summed E-state index contributed by atoms with van der Waals surface area (Å²) in [7, 11) is 0. The Labute approximate surface area is 132 Å². The summed E-state index contributed by atoms with van der Waals surface area (Å²) < 4.78 is 1.13. The van der Waals surface area contributed by atoms with Gasteiger partial charge in [-0.15, -0.1) is 0 Å². The maximum Gasteiger partial charge on any atom is 0.287 e. The van der Waals surface area contributed by atoms with Crippen LogP contribution in [0.5, 0.6) is 0 Å². The molecule has 2 N–H and O–H groups in total. The van der Waals surface area contributed by atoms with Crippen molar-refractivity contribution in [2.75, 3.05) is 18.5 Å². The Morgan fingerprint density at radius 2 is 1.95 bits per heavy atom. The van der Waals surface area contributed by atoms with Gasteiger partial charge in [-0.25, -0.2) is 4.68 Å². The first-order chi connectivity index (χ1) is 10.1. The molecule has 1 aromatic carbocycles. The Morgan fingerprint density at radius 1 is 1.24 bits per heavy atom. The highest BCUT2D eigenvalue weighted by molar-refractivity contribution is 6.32. The maximum absolute atomic E-state index is 11.9. The molecule has 1 aromatic heterocycles. The van der Waals surface area contributed by atoms with Crippen LogP contribution in [0.4, 0.5) is 5.69 Å². The van der Waals surface area contributed by atoms with Gasteiger partial charge in [0.05, 0.1) is 25.0 Å². The lowest BCUT2D eigenvalue weighted by molar-refractivity contribution is 0.266. The molecule has 1 heterocycles. The van der Waals surface area contributed by atoms with Gasteiger partial charge in [-0.2, -0.15) is 5.10 Å². The van der Waals surface area contributed by atoms with Crippen molar-refractivity contribution in [3.63, 3.8) is 0 Å². The molecule has 0 fully saturated rings. The second kappa shape index (κ2) is 7.45. The lowest BCUT2D eigenvalue weighted by atomic mass is 10.1. The Morgan fingerprint density at radius 3 is 2.62 bits per heavy atom. The highest BCUT2D eigenvalue weighted by Crippen LogP contribution is 2.15. The third-order valence-corrected chi connectivity index (χ3v) is 3.56. The highest BCUT2D eigenvalue weighted by atomic mass is 35.5. The zero-order valence-corrected chi connectivity index (χ0v) is 12.7. The van der Waals surface area contributed by atoms with E-state index >= 15 is 0 Å². The molecule has 0 saturated heterocycles. The van der Waals surface area contributed by atoms with Gasteiger partial charge in [0, 0.05) is 11.6 Å². The average molecular weight is 328 g/mol. The fourth-order valence-electron chi connectivity index (χ4n) is 1.83. The first kappa shape index (κ1) is 15.8. The Hall–Kier alpha value is -1.56. The van der Waals surface area contributed by atoms with Gasteiger partial charge in [-0.1, -0.05) is 35.3 Å². The molecule has 0 amide bonds. The number of aromatic nitrogens is 2. The molecule has 0 radical (unpaired) electrons. The Balaban J connectivity index is 1.99. The van der Waals surface area contributed by atoms with Gasteiger partial charge in [-0.3, -0.25) is 4.79 Å². The van der Waals surface area contributed by atoms with Crippen molar-refractivity contribution < 1.29 is 5.11 Å². The predicted molar refractivity (Wildman–Crippen MR) is 84.2 cm³/mol. The summed E-state index contributed by atoms with van der Waals surface area (Å²) in [6.07, 6.45) is 2.26. The van der Waals surface area contributed by atoms with Crippen molar-refractivity contribution in [3.8, 4) is 0 Å². The van der Waals surface area contributed by atoms with E-state index < -0.39 is 5.56 Å². The van der Waals surface area contributed by atoms with Crippen molar-refractivity contribution in [2.45, 2.75) is 13.0 Å². The minimum Gasteiger partial charge on any atom is -0.394 e. The van der Waals surface area contributed by atoms with Gasteiger partial charge >= 0.3 is 0 Å². The maximum atomic E-state index is 11.9. The molecule has 0 aliphatic heterocycles. The third kappa shape index (κ3) is 4.20. The van der Waals surface area contributed by atoms with Crippen molar-refractivity contribution in [1.29, 1.82) is 0 Å². The zero-order valence-electron chi connectivity index (χ0n) is 11.2. The van der Waals surface area contributed by atoms with Gasteiger partial charge in [0.2, 0.25) is 0 Å². The number of halogens is 2. The van der Waals surface area contributed by atoms with Crippen molar-refractivity contribution in [1.82, 2.24) is 9.78 Å². The fraction of sp³-hybridized carbons (Fsp3) is 0.286. The quantitative estimate of drug-likeness (QED) is 0.853. The summed E-state index contributed by atoms with van der Waals surface area (Å²) in [5, 5.41) is 16.6. The molecule has 0 aliphatic rings. The molecule has 0 unspecified atom stereocenters. The van der Waals surface area contributed by atoms with E-state index in [9.17, 15) is 4.79 Å². The smallest absolute Gasteiger partial charge is 0.287 e. The monoisotopic (exact) mass is 327 g/mol. The number of nitrogens with zero attached hydrogens (tertiary/aromatic N) is 2. The standard InChI is InChI=1S/C14H15Cl2N3O2/c15-11-3-1-10(2-4-11)5-6-17-12-9-18-19(7-8-20)14(21)13(12)16/h1-4,9,17,20H,5-8H2. The summed E-state index contributed by atoms with van der Waals surface area (Å²) in [5.74, 6) is 0. The minimum atomic E-state index is -0.415. The molecule has 112 valence electrons. The van der Waals surface area contributed by atoms with Gasteiger partial charge < -0.3 is 10.4 Å². The second-order valence-electron chi connectivity index (χ2n) is 4.43. The molecular formula is C14H15Cl2N3O2. The first-order valence-corrected chi connectivity index (χ1v) is 7.22. The second-order valence-corrected chi connectivity index (χ2v) is 5.24. The number of benzene rings is 1. The molecule has 5 nitrogen and oxygen atoms in total. The first-order valence-electron chi connectivity index (χ1n) is 6.46. The Kier molecular flexibility index (Phi) is 5.61. The summed E-state index contributed by atoms with van der Waals surface area (Å²) in [6, 6.07) is 7.56. The number of hydrogen-bond acceptors (Lipinski definition) is 4. The van der Waals surface area contributed by atoms with E-state index in [-0.39, 0.29) is 18.2 Å². The summed E-state index contributed by atoms with van der Waals surface area (Å²) in [4.78, 5) is 11.9. The fourth-order valence-corrected chi connectivity index (χ4v) is 2.17. The SMILES string of the molecule is O=c1c(Cl)c(NCCc2ccc(Cl)cc2)cnn1CCO. The van der Waals surface area contributed by atoms with Crippen LogP contribution in [0.25, 0.3) is 0 Å². The van der Waals surface area contributed by atoms with Crippen molar-refractivity contribution in [3.05, 3.63) is 56.4 Å². The number of aliphatic hydroxyl groups excluding tert-OH is 1. The molecule has 0 bridgehead atoms. The molecule has 0 aliphatic carbocycles. The van der Waals surface area contributed by atoms with E-state index in [0.717, 1.165) is 16.7 Å². The van der Waals surface area contributed by atoms with Gasteiger partial charge in [0.15, 0.2) is 0 Å². The third-order valence-electron chi connectivity index (χ3n) is 2.94. The van der Waals surface area contributed by atoms with E-state index in [0.29, 0.717) is 17.3 Å². The van der Waals surface area contributed by atoms with Crippen LogP contribution in [-0.4, -0.2) is 28.0 Å². The van der Waals surface area contributed by atoms with E-state index in [4.69, 9.17) is 28.3 Å². The molecular weight excluding hydrogens is 313 g/mol. The van der Waals surface area contributed by atoms with E-state index in [1.54, 1.807) is 0 Å². The van der Waals surface area contributed by atoms with E-state index in [1.165, 1.54) is 6.20 Å². The van der Waals surface area contributed by atoms with Crippen LogP contribution < -0.4 is 10.9 Å². The lowest BCUT2D eigenvalue weighted by Gasteiger charge is -2.09. The minimum absolute atomic E-state index is 0.0783. The van der Waals surface area contributed by atoms with Crippen LogP contribution in [-0.2, 0) is 13.0 Å². The Bertz CT molecular complexity index is 656. The number of aliphatic hydroxyl groups is 1. The molecule has 0 saturated carbocycles. The zero-order chi connectivity index (χ0) is 15.2. The number of nitrogens with one attached hydrogen (secondary N) is 1. The van der Waals surface area contributed by atoms with Crippen LogP contribution in [0, 0.1) is 0 Å². The van der Waals surface area contributed by atoms with Crippen LogP contribution in [0.15, 0.2) is 35.3 Å². The molecule has 0 atom stereocenters. The van der Waals surface area contributed by atoms with Crippen LogP contribution >= 0.6 is 23.2 Å². The topological polar surface area (TPSA) is 67.2 Å². The van der Waals surface area contributed by atoms with Gasteiger partial charge in [0.1, 0.15) is 5.02 Å². The van der Waals surface area contributed by atoms with E-state index in [2.05, 4.69) is 10.4 Å². The highest BCUT2D eigenvalue weighted by Gasteiger charge is 2.08. The average Bonchev–Trinajstić information content (AvgIpc) is 2.48. The van der Waals surface area contributed by atoms with Crippen LogP contribution in [0.2, 0.25) is 10.0 Å². The normalized spacial score (nSPS) is 10.6. The van der Waals surface area contributed by atoms with Crippen molar-refractivity contribution in [2.24, 2.45) is 0 Å². The summed E-state index contributed by atoms with van der Waals surface area (Å²) in [5.41, 5.74) is 1.21. The molecule has 7 heteroatoms. The molecule has 0 spiro atoms. The largest absolute Gasteiger partial charge is 0.394 e. The molecule has 2 rings (SSSR count). The summed E-state index contributed by atoms with van der Waals surface area (Å²) in [6.45, 7) is 0.586.